The van der Waals surface area contributed by atoms with E-state index in [2.05, 4.69) is 99.9 Å². The topological polar surface area (TPSA) is 146 Å². The Morgan fingerprint density at radius 2 is 1.45 bits per heavy atom. The Hall–Kier alpha value is -10.0. The molecule has 1 N–H and O–H groups in total. The van der Waals surface area contributed by atoms with Crippen LogP contribution in [0.4, 0.5) is 4.39 Å². The number of ether oxygens (including phenoxy) is 3. The van der Waals surface area contributed by atoms with E-state index in [0.29, 0.717) is 46.7 Å². The predicted octanol–water partition coefficient (Wildman–Crippen LogP) is 21.5. The molecule has 1 atom stereocenters. The van der Waals surface area contributed by atoms with Crippen LogP contribution in [0.3, 0.4) is 0 Å². The van der Waals surface area contributed by atoms with Crippen molar-refractivity contribution in [3.8, 4) is 23.4 Å². The molecule has 12 heteroatoms. The van der Waals surface area contributed by atoms with Crippen molar-refractivity contribution < 1.29 is 33.0 Å². The molecule has 0 saturated heterocycles. The third-order valence-electron chi connectivity index (χ3n) is 17.2. The van der Waals surface area contributed by atoms with Gasteiger partial charge in [0.2, 0.25) is 0 Å². The molecule has 1 aliphatic carbocycles. The number of nitriles is 2. The summed E-state index contributed by atoms with van der Waals surface area (Å²) in [4.78, 5) is 41.6. The van der Waals surface area contributed by atoms with Crippen LogP contribution in [0.15, 0.2) is 176 Å². The quantitative estimate of drug-likeness (QED) is 0.0140. The van der Waals surface area contributed by atoms with Crippen LogP contribution in [-0.2, 0) is 45.0 Å². The van der Waals surface area contributed by atoms with Crippen LogP contribution in [0.1, 0.15) is 196 Å². The van der Waals surface area contributed by atoms with Gasteiger partial charge in [-0.1, -0.05) is 183 Å². The Labute approximate surface area is 592 Å². The maximum absolute atomic E-state index is 15.5. The molecule has 518 valence electrons. The van der Waals surface area contributed by atoms with Gasteiger partial charge in [0.25, 0.3) is 0 Å². The summed E-state index contributed by atoms with van der Waals surface area (Å²) >= 11 is 0. The summed E-state index contributed by atoms with van der Waals surface area (Å²) in [6.07, 6.45) is 26.3. The summed E-state index contributed by atoms with van der Waals surface area (Å²) in [5, 5.41) is 20.9. The van der Waals surface area contributed by atoms with E-state index in [1.165, 1.54) is 53.3 Å². The molecule has 8 rings (SSSR count). The van der Waals surface area contributed by atoms with Gasteiger partial charge in [0.15, 0.2) is 5.78 Å². The number of halogens is 1. The zero-order chi connectivity index (χ0) is 73.3. The highest BCUT2D eigenvalue weighted by Crippen LogP contribution is 2.46. The molecule has 6 aromatic rings. The van der Waals surface area contributed by atoms with Gasteiger partial charge in [-0.05, 0) is 233 Å². The number of esters is 1. The van der Waals surface area contributed by atoms with Crippen LogP contribution in [0.2, 0.25) is 0 Å². The number of benzene rings is 5. The summed E-state index contributed by atoms with van der Waals surface area (Å²) < 4.78 is 33.0. The number of H-pyrrole nitrogens is 1. The van der Waals surface area contributed by atoms with E-state index in [1.807, 2.05) is 150 Å². The number of hydrogen-bond acceptors (Lipinski definition) is 9. The van der Waals surface area contributed by atoms with Crippen molar-refractivity contribution in [2.24, 2.45) is 0 Å². The number of rotatable bonds is 26. The van der Waals surface area contributed by atoms with Crippen molar-refractivity contribution in [3.63, 3.8) is 0 Å². The number of nitrogens with zero attached hydrogens (tertiary/aromatic N) is 3. The van der Waals surface area contributed by atoms with E-state index in [0.717, 1.165) is 129 Å². The van der Waals surface area contributed by atoms with E-state index in [4.69, 9.17) is 14.2 Å². The first-order chi connectivity index (χ1) is 47.8. The number of carbonyl (C=O) groups is 3. The number of carbonyl (C=O) groups excluding carboxylic acids is 3. The molecule has 1 unspecified atom stereocenters. The fourth-order valence-electron chi connectivity index (χ4n) is 12.5. The molecule has 10 nitrogen and oxygen atoms in total. The Bertz CT molecular complexity index is 4100. The largest absolute Gasteiger partial charge is 0.496 e. The average molecular weight is 1330 g/mol. The Morgan fingerprint density at radius 1 is 0.788 bits per heavy atom. The number of hydrogen-bond donors (Lipinski definition) is 1. The lowest BCUT2D eigenvalue weighted by atomic mass is 9.63. The van der Waals surface area contributed by atoms with Crippen molar-refractivity contribution in [3.05, 3.63) is 271 Å². The molecule has 0 amide bonds. The van der Waals surface area contributed by atoms with E-state index in [9.17, 15) is 24.9 Å². The smallest absolute Gasteiger partial charge is 0.492 e. The monoisotopic (exact) mass is 1330 g/mol. The van der Waals surface area contributed by atoms with Crippen molar-refractivity contribution in [1.29, 1.82) is 10.5 Å². The van der Waals surface area contributed by atoms with Gasteiger partial charge in [0.1, 0.15) is 30.2 Å². The van der Waals surface area contributed by atoms with E-state index < -0.39 is 18.9 Å². The van der Waals surface area contributed by atoms with Gasteiger partial charge in [-0.15, -0.1) is 0 Å². The maximum atomic E-state index is 15.5. The Balaban J connectivity index is 0.000000497. The molecule has 0 saturated carbocycles. The maximum Gasteiger partial charge on any atom is 0.492 e. The van der Waals surface area contributed by atoms with Crippen LogP contribution >= 0.6 is 0 Å². The van der Waals surface area contributed by atoms with Crippen molar-refractivity contribution in [2.75, 3.05) is 13.7 Å². The second kappa shape index (κ2) is 41.9. The molecular weight excluding hydrogens is 1230 g/mol. The number of aromatic nitrogens is 1. The number of nitrogens with one attached hydrogen (secondary N) is 1. The molecule has 1 aromatic heterocycles. The minimum atomic E-state index is -1.25. The summed E-state index contributed by atoms with van der Waals surface area (Å²) in [7, 11) is 1.65. The second-order valence-corrected chi connectivity index (χ2v) is 23.9. The number of methoxy groups -OCH3 is 1. The first kappa shape index (κ1) is 81.4. The van der Waals surface area contributed by atoms with Crippen LogP contribution in [0.25, 0.3) is 34.9 Å². The third kappa shape index (κ3) is 22.0. The fourth-order valence-corrected chi connectivity index (χ4v) is 12.5. The van der Waals surface area contributed by atoms with E-state index in [-0.39, 0.29) is 18.2 Å². The number of allylic oxidation sites excluding steroid dienone is 11. The third-order valence-corrected chi connectivity index (χ3v) is 17.2. The second-order valence-electron chi connectivity index (χ2n) is 23.9. The fraction of sp³-hybridized carbons (Fsp3) is 0.322. The first-order valence-electron chi connectivity index (χ1n) is 34.8. The number of unbranched alkanes of at least 4 members (excludes halogenated alkanes) is 1. The van der Waals surface area contributed by atoms with Crippen LogP contribution < -0.4 is 9.47 Å². The van der Waals surface area contributed by atoms with Gasteiger partial charge in [-0.25, -0.2) is 19.7 Å². The van der Waals surface area contributed by atoms with Crippen molar-refractivity contribution in [1.82, 2.24) is 9.79 Å². The number of ketones is 1. The van der Waals surface area contributed by atoms with Crippen LogP contribution in [0.5, 0.6) is 11.5 Å². The van der Waals surface area contributed by atoms with Crippen molar-refractivity contribution >= 4 is 59.8 Å². The van der Waals surface area contributed by atoms with Gasteiger partial charge in [0, 0.05) is 39.7 Å². The normalized spacial score (nSPS) is 13.7. The molecule has 0 radical (unpaired) electrons. The molecule has 2 aliphatic rings. The molecule has 5 aromatic carbocycles. The number of aromatic amines is 1. The standard InChI is InChI=1S/C55H56BFN4O4.C14H18O2.C14H18.2C2H6/c1-11-41-26-35(5)49(36(6)27-41)52(53-37(7)50(39(9)60-53)47-17-13-14-18-48(47)57)54-38(8)51(40(10)61(54)56(31-58)32-59)55(63)65-30-43-25-33(3)24-42(29-43)16-15-23-64-46-22-20-44(34(4)28-46)19-21-45(62)12-2;1-3-4-6-12-8-9-13(7-5-10-15)14(11-12)16-2;1-4-9-12(5-2)14-11-8-7-10-13(14)6-3;2*1-2/h11-12,17-22,24-29,40,60H,1-2,13-16,23,30H2,3-10H3;5,7-11H,3-4,6H2,1-2H3;4,7-11H,1,5-6H2,2-3H3;2*1-2H3/b21-19-,54-52-;7-5-;12-9-;;. The molecule has 2 heterocycles. The van der Waals surface area contributed by atoms with Gasteiger partial charge >= 0.3 is 12.8 Å². The molecule has 0 fully saturated rings. The Kier molecular flexibility index (Phi) is 34.5. The summed E-state index contributed by atoms with van der Waals surface area (Å²) in [5.74, 6) is 4.98. The number of aryl methyl sites for hydroxylation is 8. The van der Waals surface area contributed by atoms with Crippen molar-refractivity contribution in [2.45, 2.75) is 174 Å². The first-order valence-corrected chi connectivity index (χ1v) is 34.8. The summed E-state index contributed by atoms with van der Waals surface area (Å²) in [6, 6.07) is 30.0. The zero-order valence-electron chi connectivity index (χ0n) is 61.7. The van der Waals surface area contributed by atoms with Gasteiger partial charge < -0.3 is 24.0 Å². The number of aldehydes is 1. The van der Waals surface area contributed by atoms with Crippen LogP contribution in [0, 0.1) is 64.0 Å². The predicted molar refractivity (Wildman–Crippen MR) is 414 cm³/mol. The SMILES string of the molecule is C=C/C=C(/CC)c1ccccc1CC.C=CC(=O)/C=C\c1ccc(OCCCc2cc(C)cc(COC(=O)C3=C(C)/C(=C(/c4[nH]c(C)c(C5=CCCC=C5F)c4C)c4c(C)cc(C=C)cc4C)N(B(C#N)C#N)C3C)c2)cc1C.CC.CC.CCCCc1ccc(/C=C\C=O)c(OC)c1. The molecule has 0 bridgehead atoms. The van der Waals surface area contributed by atoms with E-state index in [1.54, 1.807) is 36.2 Å². The molecule has 1 aliphatic heterocycles. The molecule has 99 heavy (non-hydrogen) atoms. The van der Waals surface area contributed by atoms with Gasteiger partial charge in [-0.2, -0.15) is 0 Å². The molecular formula is C87H104BFN4O6. The minimum absolute atomic E-state index is 0.0194. The lowest BCUT2D eigenvalue weighted by Gasteiger charge is -2.30. The highest BCUT2D eigenvalue weighted by Gasteiger charge is 2.44. The average Bonchev–Trinajstić information content (AvgIpc) is 1.59. The lowest BCUT2D eigenvalue weighted by Crippen LogP contribution is -2.42. The summed E-state index contributed by atoms with van der Waals surface area (Å²) in [5.41, 5.74) is 20.7. The summed E-state index contributed by atoms with van der Waals surface area (Å²) in [6.45, 7) is 40.6. The van der Waals surface area contributed by atoms with Gasteiger partial charge in [-0.3, -0.25) is 9.59 Å². The zero-order valence-corrected chi connectivity index (χ0v) is 61.7. The molecule has 0 spiro atoms. The lowest BCUT2D eigenvalue weighted by molar-refractivity contribution is -0.140. The highest BCUT2D eigenvalue weighted by molar-refractivity contribution is 6.72. The Morgan fingerprint density at radius 3 is 2.06 bits per heavy atom. The minimum Gasteiger partial charge on any atom is -0.496 e. The highest BCUT2D eigenvalue weighted by atomic mass is 19.1. The van der Waals surface area contributed by atoms with Gasteiger partial charge in [0.05, 0.1) is 36.9 Å². The van der Waals surface area contributed by atoms with Crippen LogP contribution in [-0.4, -0.2) is 54.4 Å². The van der Waals surface area contributed by atoms with E-state index >= 15 is 4.39 Å².